The fraction of sp³-hybridized carbons (Fsp3) is 0.286. The van der Waals surface area contributed by atoms with Gasteiger partial charge in [-0.3, -0.25) is 0 Å². The van der Waals surface area contributed by atoms with Crippen LogP contribution in [0.1, 0.15) is 0 Å². The highest BCUT2D eigenvalue weighted by atomic mass is 79.9. The van der Waals surface area contributed by atoms with Crippen molar-refractivity contribution in [2.75, 3.05) is 26.4 Å². The van der Waals surface area contributed by atoms with E-state index < -0.39 is 0 Å². The second-order valence-electron chi connectivity index (χ2n) is 3.78. The predicted molar refractivity (Wildman–Crippen MR) is 75.0 cm³/mol. The number of ether oxygens (including phenoxy) is 2. The standard InChI is InChI=1S/C14H15BrO3/c15-14-12-4-2-1-3-11(12)5-6-13(14)18-10-9-17-8-7-16/h1-6,16H,7-10H2. The smallest absolute Gasteiger partial charge is 0.134 e. The van der Waals surface area contributed by atoms with Crippen LogP contribution in [0.5, 0.6) is 5.75 Å². The molecule has 0 spiro atoms. The summed E-state index contributed by atoms with van der Waals surface area (Å²) in [4.78, 5) is 0. The quantitative estimate of drug-likeness (QED) is 0.834. The van der Waals surface area contributed by atoms with Crippen LogP contribution in [0.15, 0.2) is 40.9 Å². The molecule has 2 aromatic rings. The average molecular weight is 311 g/mol. The number of halogens is 1. The third kappa shape index (κ3) is 3.22. The molecule has 4 heteroatoms. The predicted octanol–water partition coefficient (Wildman–Crippen LogP) is 2.99. The summed E-state index contributed by atoms with van der Waals surface area (Å²) in [5.74, 6) is 0.807. The van der Waals surface area contributed by atoms with Gasteiger partial charge < -0.3 is 14.6 Å². The normalized spacial score (nSPS) is 10.8. The molecule has 0 bridgehead atoms. The van der Waals surface area contributed by atoms with Gasteiger partial charge in [0.25, 0.3) is 0 Å². The van der Waals surface area contributed by atoms with Gasteiger partial charge >= 0.3 is 0 Å². The number of aliphatic hydroxyl groups is 1. The maximum Gasteiger partial charge on any atom is 0.134 e. The van der Waals surface area contributed by atoms with E-state index in [1.165, 1.54) is 5.39 Å². The number of aliphatic hydroxyl groups excluding tert-OH is 1. The van der Waals surface area contributed by atoms with Crippen molar-refractivity contribution in [3.8, 4) is 5.75 Å². The molecule has 0 aliphatic carbocycles. The van der Waals surface area contributed by atoms with Crippen LogP contribution in [0, 0.1) is 0 Å². The minimum atomic E-state index is 0.0413. The third-order valence-electron chi connectivity index (χ3n) is 2.55. The summed E-state index contributed by atoms with van der Waals surface area (Å²) in [5, 5.41) is 10.9. The number of fused-ring (bicyclic) bond motifs is 1. The molecule has 0 saturated heterocycles. The maximum atomic E-state index is 8.57. The Kier molecular flexibility index (Phi) is 4.99. The second-order valence-corrected chi connectivity index (χ2v) is 4.58. The summed E-state index contributed by atoms with van der Waals surface area (Å²) in [6.45, 7) is 1.33. The topological polar surface area (TPSA) is 38.7 Å². The highest BCUT2D eigenvalue weighted by Gasteiger charge is 2.05. The van der Waals surface area contributed by atoms with Crippen LogP contribution in [-0.2, 0) is 4.74 Å². The number of hydrogen-bond donors (Lipinski definition) is 1. The molecule has 1 N–H and O–H groups in total. The van der Waals surface area contributed by atoms with Gasteiger partial charge in [-0.2, -0.15) is 0 Å². The zero-order valence-electron chi connectivity index (χ0n) is 9.93. The number of hydrogen-bond acceptors (Lipinski definition) is 3. The highest BCUT2D eigenvalue weighted by molar-refractivity contribution is 9.10. The molecule has 0 heterocycles. The molecule has 0 fully saturated rings. The lowest BCUT2D eigenvalue weighted by Crippen LogP contribution is -2.09. The van der Waals surface area contributed by atoms with Gasteiger partial charge in [-0.1, -0.05) is 30.3 Å². The van der Waals surface area contributed by atoms with Gasteiger partial charge in [0.05, 0.1) is 24.3 Å². The first kappa shape index (κ1) is 13.3. The molecule has 2 rings (SSSR count). The third-order valence-corrected chi connectivity index (χ3v) is 3.37. The van der Waals surface area contributed by atoms with Crippen molar-refractivity contribution >= 4 is 26.7 Å². The second kappa shape index (κ2) is 6.73. The molecule has 0 atom stereocenters. The van der Waals surface area contributed by atoms with E-state index in [1.807, 2.05) is 24.3 Å². The van der Waals surface area contributed by atoms with Crippen LogP contribution in [0.2, 0.25) is 0 Å². The summed E-state index contributed by atoms with van der Waals surface area (Å²) < 4.78 is 11.7. The lowest BCUT2D eigenvalue weighted by Gasteiger charge is -2.10. The zero-order valence-corrected chi connectivity index (χ0v) is 11.5. The maximum absolute atomic E-state index is 8.57. The van der Waals surface area contributed by atoms with Crippen molar-refractivity contribution in [1.82, 2.24) is 0 Å². The van der Waals surface area contributed by atoms with E-state index in [0.29, 0.717) is 19.8 Å². The Labute approximate surface area is 114 Å². The van der Waals surface area contributed by atoms with Crippen molar-refractivity contribution in [3.05, 3.63) is 40.9 Å². The lowest BCUT2D eigenvalue weighted by molar-refractivity contribution is 0.0704. The summed E-state index contributed by atoms with van der Waals surface area (Å²) >= 11 is 3.56. The Balaban J connectivity index is 2.03. The van der Waals surface area contributed by atoms with Gasteiger partial charge in [-0.05, 0) is 32.8 Å². The average Bonchev–Trinajstić information content (AvgIpc) is 2.41. The van der Waals surface area contributed by atoms with Crippen molar-refractivity contribution in [3.63, 3.8) is 0 Å². The number of rotatable bonds is 6. The van der Waals surface area contributed by atoms with Crippen LogP contribution in [0.4, 0.5) is 0 Å². The fourth-order valence-electron chi connectivity index (χ4n) is 1.70. The highest BCUT2D eigenvalue weighted by Crippen LogP contribution is 2.32. The molecule has 0 amide bonds. The molecule has 96 valence electrons. The van der Waals surface area contributed by atoms with Crippen molar-refractivity contribution < 1.29 is 14.6 Å². The molecule has 2 aromatic carbocycles. The summed E-state index contributed by atoms with van der Waals surface area (Å²) in [7, 11) is 0. The molecule has 0 aliphatic rings. The van der Waals surface area contributed by atoms with Crippen LogP contribution in [-0.4, -0.2) is 31.5 Å². The summed E-state index contributed by atoms with van der Waals surface area (Å²) in [6.07, 6.45) is 0. The zero-order chi connectivity index (χ0) is 12.8. The SMILES string of the molecule is OCCOCCOc1ccc2ccccc2c1Br. The van der Waals surface area contributed by atoms with Gasteiger partial charge in [0, 0.05) is 0 Å². The molecular formula is C14H15BrO3. The van der Waals surface area contributed by atoms with Crippen molar-refractivity contribution in [1.29, 1.82) is 0 Å². The van der Waals surface area contributed by atoms with Gasteiger partial charge in [0.2, 0.25) is 0 Å². The molecular weight excluding hydrogens is 296 g/mol. The first-order valence-electron chi connectivity index (χ1n) is 5.81. The van der Waals surface area contributed by atoms with Crippen LogP contribution >= 0.6 is 15.9 Å². The van der Waals surface area contributed by atoms with Crippen molar-refractivity contribution in [2.45, 2.75) is 0 Å². The molecule has 0 saturated carbocycles. The lowest BCUT2D eigenvalue weighted by atomic mass is 10.1. The van der Waals surface area contributed by atoms with Gasteiger partial charge in [-0.25, -0.2) is 0 Å². The molecule has 0 radical (unpaired) electrons. The van der Waals surface area contributed by atoms with E-state index in [1.54, 1.807) is 0 Å². The van der Waals surface area contributed by atoms with Gasteiger partial charge in [0.1, 0.15) is 12.4 Å². The van der Waals surface area contributed by atoms with Crippen LogP contribution in [0.25, 0.3) is 10.8 Å². The minimum absolute atomic E-state index is 0.0413. The molecule has 3 nitrogen and oxygen atoms in total. The molecule has 0 unspecified atom stereocenters. The van der Waals surface area contributed by atoms with E-state index in [0.717, 1.165) is 15.6 Å². The summed E-state index contributed by atoms with van der Waals surface area (Å²) in [5.41, 5.74) is 0. The van der Waals surface area contributed by atoms with E-state index >= 15 is 0 Å². The van der Waals surface area contributed by atoms with E-state index in [-0.39, 0.29) is 6.61 Å². The van der Waals surface area contributed by atoms with Gasteiger partial charge in [-0.15, -0.1) is 0 Å². The first-order valence-corrected chi connectivity index (χ1v) is 6.61. The van der Waals surface area contributed by atoms with E-state index in [4.69, 9.17) is 14.6 Å². The fourth-order valence-corrected chi connectivity index (χ4v) is 2.31. The van der Waals surface area contributed by atoms with E-state index in [2.05, 4.69) is 28.1 Å². The molecule has 0 aliphatic heterocycles. The van der Waals surface area contributed by atoms with Crippen LogP contribution < -0.4 is 4.74 Å². The molecule has 18 heavy (non-hydrogen) atoms. The Hall–Kier alpha value is -1.10. The molecule has 0 aromatic heterocycles. The first-order chi connectivity index (χ1) is 8.83. The monoisotopic (exact) mass is 310 g/mol. The van der Waals surface area contributed by atoms with E-state index in [9.17, 15) is 0 Å². The largest absolute Gasteiger partial charge is 0.490 e. The Morgan fingerprint density at radius 1 is 1.00 bits per heavy atom. The Bertz CT molecular complexity index is 513. The van der Waals surface area contributed by atoms with Gasteiger partial charge in [0.15, 0.2) is 0 Å². The summed E-state index contributed by atoms with van der Waals surface area (Å²) in [6, 6.07) is 12.1. The minimum Gasteiger partial charge on any atom is -0.490 e. The number of benzene rings is 2. The van der Waals surface area contributed by atoms with Crippen LogP contribution in [0.3, 0.4) is 0 Å². The Morgan fingerprint density at radius 3 is 2.67 bits per heavy atom. The van der Waals surface area contributed by atoms with Crippen molar-refractivity contribution in [2.24, 2.45) is 0 Å². The Morgan fingerprint density at radius 2 is 1.83 bits per heavy atom.